The van der Waals surface area contributed by atoms with Crippen molar-refractivity contribution in [1.82, 2.24) is 0 Å². The second-order valence-electron chi connectivity index (χ2n) is 2.78. The SMILES string of the molecule is COc1cc(Cl)c(N(C)C(=O)O)cc1Cl. The topological polar surface area (TPSA) is 49.8 Å². The second-order valence-corrected chi connectivity index (χ2v) is 3.59. The highest BCUT2D eigenvalue weighted by Gasteiger charge is 2.15. The molecule has 1 aromatic rings. The largest absolute Gasteiger partial charge is 0.495 e. The lowest BCUT2D eigenvalue weighted by Crippen LogP contribution is -2.24. The maximum absolute atomic E-state index is 10.7. The first kappa shape index (κ1) is 11.9. The number of rotatable bonds is 2. The van der Waals surface area contributed by atoms with E-state index in [0.29, 0.717) is 16.5 Å². The smallest absolute Gasteiger partial charge is 0.411 e. The van der Waals surface area contributed by atoms with Gasteiger partial charge >= 0.3 is 6.09 Å². The highest BCUT2D eigenvalue weighted by atomic mass is 35.5. The third-order valence-corrected chi connectivity index (χ3v) is 2.47. The van der Waals surface area contributed by atoms with Gasteiger partial charge in [0.2, 0.25) is 0 Å². The molecule has 0 unspecified atom stereocenters. The van der Waals surface area contributed by atoms with E-state index in [1.165, 1.54) is 26.3 Å². The van der Waals surface area contributed by atoms with Crippen LogP contribution in [0, 0.1) is 0 Å². The first-order valence-electron chi connectivity index (χ1n) is 3.97. The van der Waals surface area contributed by atoms with Crippen LogP contribution in [0.15, 0.2) is 12.1 Å². The molecular formula is C9H9Cl2NO3. The van der Waals surface area contributed by atoms with Gasteiger partial charge in [-0.3, -0.25) is 4.90 Å². The molecule has 0 bridgehead atoms. The van der Waals surface area contributed by atoms with Gasteiger partial charge in [-0.1, -0.05) is 23.2 Å². The van der Waals surface area contributed by atoms with Crippen molar-refractivity contribution < 1.29 is 14.6 Å². The van der Waals surface area contributed by atoms with Crippen LogP contribution in [0.1, 0.15) is 0 Å². The van der Waals surface area contributed by atoms with Crippen molar-refractivity contribution >= 4 is 35.0 Å². The Hall–Kier alpha value is -1.13. The summed E-state index contributed by atoms with van der Waals surface area (Å²) in [6.07, 6.45) is -1.11. The summed E-state index contributed by atoms with van der Waals surface area (Å²) >= 11 is 11.7. The van der Waals surface area contributed by atoms with Crippen LogP contribution >= 0.6 is 23.2 Å². The van der Waals surface area contributed by atoms with Gasteiger partial charge in [0.15, 0.2) is 0 Å². The molecule has 0 heterocycles. The summed E-state index contributed by atoms with van der Waals surface area (Å²) in [5.41, 5.74) is 0.315. The number of halogens is 2. The zero-order chi connectivity index (χ0) is 11.6. The van der Waals surface area contributed by atoms with Crippen molar-refractivity contribution in [3.8, 4) is 5.75 Å². The quantitative estimate of drug-likeness (QED) is 0.877. The second kappa shape index (κ2) is 4.59. The van der Waals surface area contributed by atoms with Crippen LogP contribution in [0.4, 0.5) is 10.5 Å². The maximum atomic E-state index is 10.7. The van der Waals surface area contributed by atoms with Crippen molar-refractivity contribution in [1.29, 1.82) is 0 Å². The van der Waals surface area contributed by atoms with Gasteiger partial charge in [0.05, 0.1) is 22.8 Å². The van der Waals surface area contributed by atoms with Crippen molar-refractivity contribution in [3.63, 3.8) is 0 Å². The molecule has 0 aliphatic carbocycles. The summed E-state index contributed by atoms with van der Waals surface area (Å²) in [6.45, 7) is 0. The van der Waals surface area contributed by atoms with E-state index in [9.17, 15) is 4.79 Å². The van der Waals surface area contributed by atoms with Crippen molar-refractivity contribution in [2.45, 2.75) is 0 Å². The fourth-order valence-corrected chi connectivity index (χ4v) is 1.55. The Morgan fingerprint density at radius 3 is 2.47 bits per heavy atom. The van der Waals surface area contributed by atoms with Gasteiger partial charge in [0.25, 0.3) is 0 Å². The molecule has 6 heteroatoms. The third-order valence-electron chi connectivity index (χ3n) is 1.87. The number of amides is 1. The Morgan fingerprint density at radius 2 is 2.00 bits per heavy atom. The minimum atomic E-state index is -1.11. The Bertz CT molecular complexity index is 395. The molecule has 0 radical (unpaired) electrons. The molecule has 0 aromatic heterocycles. The fraction of sp³-hybridized carbons (Fsp3) is 0.222. The van der Waals surface area contributed by atoms with E-state index in [4.69, 9.17) is 33.0 Å². The number of carbonyl (C=O) groups is 1. The van der Waals surface area contributed by atoms with Crippen LogP contribution in [0.5, 0.6) is 5.75 Å². The molecule has 15 heavy (non-hydrogen) atoms. The van der Waals surface area contributed by atoms with Gasteiger partial charge in [-0.25, -0.2) is 4.79 Å². The van der Waals surface area contributed by atoms with E-state index in [1.54, 1.807) is 0 Å². The summed E-state index contributed by atoms with van der Waals surface area (Å²) in [4.78, 5) is 11.7. The third kappa shape index (κ3) is 2.46. The van der Waals surface area contributed by atoms with Gasteiger partial charge in [-0.2, -0.15) is 0 Å². The number of ether oxygens (including phenoxy) is 1. The zero-order valence-corrected chi connectivity index (χ0v) is 9.63. The molecule has 0 spiro atoms. The van der Waals surface area contributed by atoms with Gasteiger partial charge in [-0.15, -0.1) is 0 Å². The number of hydrogen-bond acceptors (Lipinski definition) is 2. The van der Waals surface area contributed by atoms with E-state index in [2.05, 4.69) is 0 Å². The monoisotopic (exact) mass is 249 g/mol. The molecule has 1 N–H and O–H groups in total. The van der Waals surface area contributed by atoms with Crippen LogP contribution in [0.25, 0.3) is 0 Å². The number of benzene rings is 1. The molecular weight excluding hydrogens is 241 g/mol. The molecule has 0 aliphatic heterocycles. The first-order chi connectivity index (χ1) is 6.97. The molecule has 0 saturated carbocycles. The fourth-order valence-electron chi connectivity index (χ4n) is 1.03. The molecule has 4 nitrogen and oxygen atoms in total. The molecule has 0 saturated heterocycles. The highest BCUT2D eigenvalue weighted by molar-refractivity contribution is 6.36. The van der Waals surface area contributed by atoms with Crippen LogP contribution in [0.2, 0.25) is 10.0 Å². The summed E-state index contributed by atoms with van der Waals surface area (Å²) in [7, 11) is 2.84. The molecule has 0 fully saturated rings. The Balaban J connectivity index is 3.21. The molecule has 0 aliphatic rings. The lowest BCUT2D eigenvalue weighted by atomic mass is 10.3. The minimum Gasteiger partial charge on any atom is -0.495 e. The van der Waals surface area contributed by atoms with Crippen LogP contribution < -0.4 is 9.64 Å². The predicted molar refractivity (Wildman–Crippen MR) is 59.4 cm³/mol. The molecule has 1 rings (SSSR count). The van der Waals surface area contributed by atoms with Crippen molar-refractivity contribution in [2.24, 2.45) is 0 Å². The normalized spacial score (nSPS) is 9.87. The summed E-state index contributed by atoms with van der Waals surface area (Å²) in [5.74, 6) is 0.407. The first-order valence-corrected chi connectivity index (χ1v) is 4.72. The number of nitrogens with zero attached hydrogens (tertiary/aromatic N) is 1. The average molecular weight is 250 g/mol. The Labute approximate surface area is 97.0 Å². The van der Waals surface area contributed by atoms with E-state index in [-0.39, 0.29) is 5.02 Å². The maximum Gasteiger partial charge on any atom is 0.411 e. The molecule has 0 atom stereocenters. The summed E-state index contributed by atoms with van der Waals surface area (Å²) in [6, 6.07) is 2.91. The van der Waals surface area contributed by atoms with Gasteiger partial charge < -0.3 is 9.84 Å². The van der Waals surface area contributed by atoms with E-state index >= 15 is 0 Å². The standard InChI is InChI=1S/C9H9Cl2NO3/c1-12(9(13)14)7-3-6(11)8(15-2)4-5(7)10/h3-4H,1-2H3,(H,13,14). The summed E-state index contributed by atoms with van der Waals surface area (Å²) in [5, 5.41) is 9.35. The highest BCUT2D eigenvalue weighted by Crippen LogP contribution is 2.35. The van der Waals surface area contributed by atoms with Crippen LogP contribution in [-0.4, -0.2) is 25.4 Å². The van der Waals surface area contributed by atoms with Crippen LogP contribution in [-0.2, 0) is 0 Å². The predicted octanol–water partition coefficient (Wildman–Crippen LogP) is 3.12. The molecule has 1 aromatic carbocycles. The van der Waals surface area contributed by atoms with Gasteiger partial charge in [-0.05, 0) is 6.07 Å². The molecule has 82 valence electrons. The Morgan fingerprint density at radius 1 is 1.40 bits per heavy atom. The number of carboxylic acid groups (broad SMARTS) is 1. The van der Waals surface area contributed by atoms with E-state index in [0.717, 1.165) is 4.90 Å². The average Bonchev–Trinajstić information content (AvgIpc) is 2.19. The van der Waals surface area contributed by atoms with E-state index in [1.807, 2.05) is 0 Å². The van der Waals surface area contributed by atoms with Crippen molar-refractivity contribution in [2.75, 3.05) is 19.1 Å². The number of anilines is 1. The minimum absolute atomic E-state index is 0.265. The number of hydrogen-bond donors (Lipinski definition) is 1. The molecule has 1 amide bonds. The van der Waals surface area contributed by atoms with Gasteiger partial charge in [0, 0.05) is 13.1 Å². The number of methoxy groups -OCH3 is 1. The lowest BCUT2D eigenvalue weighted by Gasteiger charge is -2.16. The van der Waals surface area contributed by atoms with Gasteiger partial charge in [0.1, 0.15) is 5.75 Å². The van der Waals surface area contributed by atoms with Crippen LogP contribution in [0.3, 0.4) is 0 Å². The summed E-state index contributed by atoms with van der Waals surface area (Å²) < 4.78 is 4.94. The Kier molecular flexibility index (Phi) is 3.66. The van der Waals surface area contributed by atoms with E-state index < -0.39 is 6.09 Å². The zero-order valence-electron chi connectivity index (χ0n) is 8.12. The lowest BCUT2D eigenvalue weighted by molar-refractivity contribution is 0.203. The van der Waals surface area contributed by atoms with Crippen molar-refractivity contribution in [3.05, 3.63) is 22.2 Å².